The van der Waals surface area contributed by atoms with E-state index in [9.17, 15) is 18.8 Å². The molecule has 0 bridgehead atoms. The molecule has 0 spiro atoms. The van der Waals surface area contributed by atoms with Crippen LogP contribution < -0.4 is 15.4 Å². The maximum absolute atomic E-state index is 14.6. The Bertz CT molecular complexity index is 929. The number of carboxylic acids is 1. The van der Waals surface area contributed by atoms with Gasteiger partial charge in [-0.15, -0.1) is 0 Å². The Labute approximate surface area is 182 Å². The van der Waals surface area contributed by atoms with Gasteiger partial charge in [-0.25, -0.2) is 4.39 Å². The lowest BCUT2D eigenvalue weighted by molar-refractivity contribution is -0.135. The lowest BCUT2D eigenvalue weighted by Gasteiger charge is -2.14. The summed E-state index contributed by atoms with van der Waals surface area (Å²) in [5, 5.41) is 13.4. The fourth-order valence-corrected chi connectivity index (χ4v) is 3.68. The fourth-order valence-electron chi connectivity index (χ4n) is 2.26. The van der Waals surface area contributed by atoms with E-state index in [1.807, 2.05) is 0 Å². The van der Waals surface area contributed by atoms with Crippen molar-refractivity contribution >= 4 is 55.3 Å². The number of nitrogens with one attached hydrogen (secondary N) is 2. The summed E-state index contributed by atoms with van der Waals surface area (Å²) >= 11 is 6.59. The summed E-state index contributed by atoms with van der Waals surface area (Å²) in [6.07, 6.45) is 0.229. The number of carboxylic acid groups (broad SMARTS) is 1. The number of aliphatic carboxylic acids is 1. The summed E-state index contributed by atoms with van der Waals surface area (Å²) in [6.45, 7) is 1.04. The van der Waals surface area contributed by atoms with E-state index in [2.05, 4.69) is 42.5 Å². The van der Waals surface area contributed by atoms with Gasteiger partial charge in [0.25, 0.3) is 5.91 Å². The first-order valence-electron chi connectivity index (χ1n) is 8.42. The molecule has 2 aromatic rings. The van der Waals surface area contributed by atoms with Crippen LogP contribution in [0.5, 0.6) is 5.75 Å². The highest BCUT2D eigenvalue weighted by atomic mass is 79.9. The van der Waals surface area contributed by atoms with Gasteiger partial charge in [-0.05, 0) is 50.1 Å². The molecule has 7 nitrogen and oxygen atoms in total. The maximum Gasteiger partial charge on any atom is 0.322 e. The Balaban J connectivity index is 2.15. The average Bonchev–Trinajstić information content (AvgIpc) is 2.67. The number of halogens is 3. The van der Waals surface area contributed by atoms with Gasteiger partial charge in [0, 0.05) is 17.5 Å². The Kier molecular flexibility index (Phi) is 8.15. The van der Waals surface area contributed by atoms with E-state index in [1.165, 1.54) is 24.3 Å². The van der Waals surface area contributed by atoms with E-state index < -0.39 is 24.2 Å². The summed E-state index contributed by atoms with van der Waals surface area (Å²) in [5.74, 6) is -2.28. The molecule has 2 rings (SSSR count). The van der Waals surface area contributed by atoms with Crippen molar-refractivity contribution in [2.75, 3.05) is 11.9 Å². The average molecular weight is 532 g/mol. The van der Waals surface area contributed by atoms with Crippen LogP contribution in [0.1, 0.15) is 29.3 Å². The molecule has 0 aliphatic carbocycles. The van der Waals surface area contributed by atoms with Crippen LogP contribution in [0.25, 0.3) is 0 Å². The Hall–Kier alpha value is -2.46. The third kappa shape index (κ3) is 6.26. The first-order valence-corrected chi connectivity index (χ1v) is 10.0. The van der Waals surface area contributed by atoms with Crippen LogP contribution in [0, 0.1) is 5.82 Å². The SMILES string of the molecule is CCC(=O)Nc1cccc(COc2c(Br)cc(C(=O)NCC(=O)O)cc2Br)c1F. The molecule has 0 saturated heterocycles. The van der Waals surface area contributed by atoms with Crippen molar-refractivity contribution in [3.05, 3.63) is 56.2 Å². The summed E-state index contributed by atoms with van der Waals surface area (Å²) in [6, 6.07) is 7.53. The zero-order valence-corrected chi connectivity index (χ0v) is 18.4. The lowest BCUT2D eigenvalue weighted by Crippen LogP contribution is -2.29. The fraction of sp³-hybridized carbons (Fsp3) is 0.211. The third-order valence-corrected chi connectivity index (χ3v) is 4.88. The highest BCUT2D eigenvalue weighted by Gasteiger charge is 2.16. The number of amides is 2. The molecule has 0 unspecified atom stereocenters. The van der Waals surface area contributed by atoms with E-state index >= 15 is 0 Å². The molecule has 0 heterocycles. The van der Waals surface area contributed by atoms with E-state index in [4.69, 9.17) is 9.84 Å². The lowest BCUT2D eigenvalue weighted by atomic mass is 10.2. The van der Waals surface area contributed by atoms with Crippen molar-refractivity contribution in [1.82, 2.24) is 5.32 Å². The molecule has 0 aliphatic heterocycles. The molecular formula is C19H17Br2FN2O5. The van der Waals surface area contributed by atoms with Gasteiger partial charge in [0.15, 0.2) is 5.82 Å². The van der Waals surface area contributed by atoms with Crippen molar-refractivity contribution < 1.29 is 28.6 Å². The van der Waals surface area contributed by atoms with Gasteiger partial charge in [-0.1, -0.05) is 19.1 Å². The molecule has 10 heteroatoms. The number of rotatable bonds is 8. The van der Waals surface area contributed by atoms with Crippen molar-refractivity contribution in [2.24, 2.45) is 0 Å². The highest BCUT2D eigenvalue weighted by molar-refractivity contribution is 9.11. The highest BCUT2D eigenvalue weighted by Crippen LogP contribution is 2.35. The normalized spacial score (nSPS) is 10.3. The number of benzene rings is 2. The zero-order chi connectivity index (χ0) is 21.6. The molecule has 0 aromatic heterocycles. The topological polar surface area (TPSA) is 105 Å². The minimum Gasteiger partial charge on any atom is -0.486 e. The van der Waals surface area contributed by atoms with Crippen molar-refractivity contribution in [3.8, 4) is 5.75 Å². The van der Waals surface area contributed by atoms with Crippen LogP contribution >= 0.6 is 31.9 Å². The van der Waals surface area contributed by atoms with E-state index in [1.54, 1.807) is 13.0 Å². The minimum absolute atomic E-state index is 0.0709. The first-order chi connectivity index (χ1) is 13.7. The van der Waals surface area contributed by atoms with E-state index in [-0.39, 0.29) is 35.7 Å². The van der Waals surface area contributed by atoms with Gasteiger partial charge in [0.05, 0.1) is 14.6 Å². The van der Waals surface area contributed by atoms with Gasteiger partial charge >= 0.3 is 5.97 Å². The number of carbonyl (C=O) groups excluding carboxylic acids is 2. The van der Waals surface area contributed by atoms with Gasteiger partial charge < -0.3 is 20.5 Å². The minimum atomic E-state index is -1.16. The molecular weight excluding hydrogens is 515 g/mol. The first kappa shape index (κ1) is 22.8. The van der Waals surface area contributed by atoms with Crippen LogP contribution in [-0.4, -0.2) is 29.4 Å². The van der Waals surface area contributed by atoms with Gasteiger partial charge in [0.1, 0.15) is 18.9 Å². The number of hydrogen-bond acceptors (Lipinski definition) is 4. The molecule has 29 heavy (non-hydrogen) atoms. The standard InChI is InChI=1S/C19H17Br2FN2O5/c1-2-15(25)24-14-5-3-4-10(17(14)22)9-29-18-12(20)6-11(7-13(18)21)19(28)23-8-16(26)27/h3-7H,2,8-9H2,1H3,(H,23,28)(H,24,25)(H,26,27). The van der Waals surface area contributed by atoms with Crippen LogP contribution in [0.4, 0.5) is 10.1 Å². The molecule has 3 N–H and O–H groups in total. The van der Waals surface area contributed by atoms with Crippen molar-refractivity contribution in [2.45, 2.75) is 20.0 Å². The molecule has 0 atom stereocenters. The summed E-state index contributed by atoms with van der Waals surface area (Å²) in [5.41, 5.74) is 0.523. The van der Waals surface area contributed by atoms with Crippen molar-refractivity contribution in [3.63, 3.8) is 0 Å². The Morgan fingerprint density at radius 2 is 1.83 bits per heavy atom. The smallest absolute Gasteiger partial charge is 0.322 e. The number of anilines is 1. The number of hydrogen-bond donors (Lipinski definition) is 3. The molecule has 0 radical (unpaired) electrons. The summed E-state index contributed by atoms with van der Waals surface area (Å²) < 4.78 is 21.1. The van der Waals surface area contributed by atoms with Crippen LogP contribution in [0.3, 0.4) is 0 Å². The Morgan fingerprint density at radius 1 is 1.17 bits per heavy atom. The largest absolute Gasteiger partial charge is 0.486 e. The third-order valence-electron chi connectivity index (χ3n) is 3.71. The van der Waals surface area contributed by atoms with Crippen LogP contribution in [0.2, 0.25) is 0 Å². The summed E-state index contributed by atoms with van der Waals surface area (Å²) in [4.78, 5) is 34.1. The molecule has 0 aliphatic rings. The zero-order valence-electron chi connectivity index (χ0n) is 15.2. The van der Waals surface area contributed by atoms with Gasteiger partial charge in [-0.2, -0.15) is 0 Å². The van der Waals surface area contributed by atoms with E-state index in [0.29, 0.717) is 14.7 Å². The van der Waals surface area contributed by atoms with Crippen LogP contribution in [-0.2, 0) is 16.2 Å². The summed E-state index contributed by atoms with van der Waals surface area (Å²) in [7, 11) is 0. The molecule has 2 amide bonds. The van der Waals surface area contributed by atoms with Gasteiger partial charge in [0.2, 0.25) is 5.91 Å². The molecule has 2 aromatic carbocycles. The quantitative estimate of drug-likeness (QED) is 0.476. The van der Waals surface area contributed by atoms with Crippen molar-refractivity contribution in [1.29, 1.82) is 0 Å². The number of carbonyl (C=O) groups is 3. The Morgan fingerprint density at radius 3 is 2.41 bits per heavy atom. The van der Waals surface area contributed by atoms with Crippen LogP contribution in [0.15, 0.2) is 39.3 Å². The second-order valence-corrected chi connectivity index (χ2v) is 7.52. The van der Waals surface area contributed by atoms with Gasteiger partial charge in [-0.3, -0.25) is 14.4 Å². The second kappa shape index (κ2) is 10.4. The predicted molar refractivity (Wildman–Crippen MR) is 111 cm³/mol. The molecule has 0 fully saturated rings. The molecule has 154 valence electrons. The second-order valence-electron chi connectivity index (χ2n) is 5.81. The monoisotopic (exact) mass is 530 g/mol. The maximum atomic E-state index is 14.6. The van der Waals surface area contributed by atoms with E-state index in [0.717, 1.165) is 0 Å². The predicted octanol–water partition coefficient (Wildman–Crippen LogP) is 4.09. The number of ether oxygens (including phenoxy) is 1. The molecule has 0 saturated carbocycles.